The minimum absolute atomic E-state index is 0.0574. The summed E-state index contributed by atoms with van der Waals surface area (Å²) in [5.74, 6) is 0.763. The van der Waals surface area contributed by atoms with E-state index in [0.29, 0.717) is 31.7 Å². The molecule has 0 radical (unpaired) electrons. The van der Waals surface area contributed by atoms with E-state index >= 15 is 0 Å². The van der Waals surface area contributed by atoms with Crippen molar-refractivity contribution < 1.29 is 14.3 Å². The van der Waals surface area contributed by atoms with Crippen LogP contribution in [-0.4, -0.2) is 68.5 Å². The minimum Gasteiger partial charge on any atom is -0.489 e. The molecule has 0 unspecified atom stereocenters. The van der Waals surface area contributed by atoms with E-state index in [1.807, 2.05) is 37.9 Å². The number of hydrogen-bond acceptors (Lipinski definition) is 4. The Morgan fingerprint density at radius 2 is 2.04 bits per heavy atom. The van der Waals surface area contributed by atoms with Crippen LogP contribution in [0.2, 0.25) is 0 Å². The van der Waals surface area contributed by atoms with Crippen LogP contribution in [0.4, 0.5) is 5.69 Å². The number of amides is 2. The molecule has 1 heterocycles. The number of carbonyl (C=O) groups excluding carboxylic acids is 2. The maximum Gasteiger partial charge on any atom is 0.253 e. The van der Waals surface area contributed by atoms with Crippen LogP contribution in [0, 0.1) is 0 Å². The molecule has 1 aliphatic rings. The van der Waals surface area contributed by atoms with Crippen LogP contribution in [0.15, 0.2) is 30.4 Å². The maximum atomic E-state index is 12.6. The summed E-state index contributed by atoms with van der Waals surface area (Å²) in [5.41, 5.74) is 2.41. The number of carbonyl (C=O) groups is 2. The highest BCUT2D eigenvalue weighted by molar-refractivity contribution is 5.95. The van der Waals surface area contributed by atoms with Gasteiger partial charge < -0.3 is 19.4 Å². The second kappa shape index (κ2) is 8.25. The predicted molar refractivity (Wildman–Crippen MR) is 104 cm³/mol. The van der Waals surface area contributed by atoms with E-state index in [0.717, 1.165) is 17.0 Å². The summed E-state index contributed by atoms with van der Waals surface area (Å²) in [7, 11) is 5.40. The monoisotopic (exact) mass is 359 g/mol. The lowest BCUT2D eigenvalue weighted by Crippen LogP contribution is -2.45. The van der Waals surface area contributed by atoms with Gasteiger partial charge in [0.25, 0.3) is 5.91 Å². The highest BCUT2D eigenvalue weighted by atomic mass is 16.5. The molecule has 6 nitrogen and oxygen atoms in total. The number of ether oxygens (including phenoxy) is 1. The molecular weight excluding hydrogens is 330 g/mol. The molecule has 142 valence electrons. The lowest BCUT2D eigenvalue weighted by molar-refractivity contribution is -0.131. The predicted octanol–water partition coefficient (Wildman–Crippen LogP) is 2.40. The van der Waals surface area contributed by atoms with E-state index in [4.69, 9.17) is 4.74 Å². The van der Waals surface area contributed by atoms with E-state index in [9.17, 15) is 9.59 Å². The van der Waals surface area contributed by atoms with Crippen LogP contribution in [0.5, 0.6) is 5.75 Å². The zero-order valence-corrected chi connectivity index (χ0v) is 16.4. The summed E-state index contributed by atoms with van der Waals surface area (Å²) in [5, 5.41) is 0. The molecule has 1 atom stereocenters. The molecule has 0 saturated heterocycles. The molecule has 2 amide bonds. The molecule has 26 heavy (non-hydrogen) atoms. The SMILES string of the molecule is C=C(C)CN(CC)C(=O)C[C@@H]1COc2ccc(C(=O)N(C)C)cc2N1C. The number of rotatable bonds is 6. The van der Waals surface area contributed by atoms with Crippen LogP contribution < -0.4 is 9.64 Å². The number of fused-ring (bicyclic) bond motifs is 1. The van der Waals surface area contributed by atoms with E-state index in [-0.39, 0.29) is 17.9 Å². The van der Waals surface area contributed by atoms with Gasteiger partial charge in [-0.3, -0.25) is 9.59 Å². The van der Waals surface area contributed by atoms with E-state index < -0.39 is 0 Å². The van der Waals surface area contributed by atoms with Crippen LogP contribution in [0.25, 0.3) is 0 Å². The molecule has 0 aliphatic carbocycles. The third-order valence-electron chi connectivity index (χ3n) is 4.58. The molecule has 0 bridgehead atoms. The first-order valence-corrected chi connectivity index (χ1v) is 8.88. The van der Waals surface area contributed by atoms with Crippen LogP contribution in [0.3, 0.4) is 0 Å². The maximum absolute atomic E-state index is 12.6. The van der Waals surface area contributed by atoms with Gasteiger partial charge in [0.15, 0.2) is 0 Å². The smallest absolute Gasteiger partial charge is 0.253 e. The molecular formula is C20H29N3O3. The van der Waals surface area contributed by atoms with Gasteiger partial charge in [-0.15, -0.1) is 0 Å². The van der Waals surface area contributed by atoms with Gasteiger partial charge in [-0.2, -0.15) is 0 Å². The Hall–Kier alpha value is -2.50. The summed E-state index contributed by atoms with van der Waals surface area (Å²) in [4.78, 5) is 30.3. The van der Waals surface area contributed by atoms with Gasteiger partial charge in [-0.1, -0.05) is 12.2 Å². The molecule has 6 heteroatoms. The Labute approximate surface area is 156 Å². The van der Waals surface area contributed by atoms with E-state index in [2.05, 4.69) is 6.58 Å². The lowest BCUT2D eigenvalue weighted by atomic mass is 10.1. The average Bonchev–Trinajstić information content (AvgIpc) is 2.60. The van der Waals surface area contributed by atoms with Crippen molar-refractivity contribution in [2.45, 2.75) is 26.3 Å². The Morgan fingerprint density at radius 1 is 1.35 bits per heavy atom. The van der Waals surface area contributed by atoms with Crippen LogP contribution >= 0.6 is 0 Å². The molecule has 0 aromatic heterocycles. The minimum atomic E-state index is -0.0705. The fraction of sp³-hybridized carbons (Fsp3) is 0.500. The second-order valence-electron chi connectivity index (χ2n) is 7.03. The number of anilines is 1. The van der Waals surface area contributed by atoms with Crippen molar-refractivity contribution in [1.29, 1.82) is 0 Å². The number of hydrogen-bond donors (Lipinski definition) is 0. The van der Waals surface area contributed by atoms with Crippen LogP contribution in [0.1, 0.15) is 30.6 Å². The van der Waals surface area contributed by atoms with Crippen molar-refractivity contribution in [3.63, 3.8) is 0 Å². The fourth-order valence-corrected chi connectivity index (χ4v) is 3.03. The molecule has 1 aromatic rings. The molecule has 0 saturated carbocycles. The molecule has 2 rings (SSSR count). The fourth-order valence-electron chi connectivity index (χ4n) is 3.03. The standard InChI is InChI=1S/C20H29N3O3/c1-7-23(12-14(2)3)19(24)11-16-13-26-18-9-8-15(20(25)21(4)5)10-17(18)22(16)6/h8-10,16H,2,7,11-13H2,1,3-6H3/t16-/m1/s1. The first-order chi connectivity index (χ1) is 12.2. The lowest BCUT2D eigenvalue weighted by Gasteiger charge is -2.36. The van der Waals surface area contributed by atoms with Gasteiger partial charge in [0.2, 0.25) is 5.91 Å². The van der Waals surface area contributed by atoms with Crippen molar-refractivity contribution in [3.8, 4) is 5.75 Å². The molecule has 0 N–H and O–H groups in total. The van der Waals surface area contributed by atoms with Crippen LogP contribution in [-0.2, 0) is 4.79 Å². The van der Waals surface area contributed by atoms with Crippen molar-refractivity contribution in [3.05, 3.63) is 35.9 Å². The topological polar surface area (TPSA) is 53.1 Å². The summed E-state index contributed by atoms with van der Waals surface area (Å²) < 4.78 is 5.84. The van der Waals surface area contributed by atoms with Gasteiger partial charge in [0.1, 0.15) is 12.4 Å². The van der Waals surface area contributed by atoms with Gasteiger partial charge in [-0.05, 0) is 32.0 Å². The highest BCUT2D eigenvalue weighted by Gasteiger charge is 2.29. The summed E-state index contributed by atoms with van der Waals surface area (Å²) >= 11 is 0. The first-order valence-electron chi connectivity index (χ1n) is 8.88. The van der Waals surface area contributed by atoms with Crippen molar-refractivity contribution in [1.82, 2.24) is 9.80 Å². The zero-order valence-electron chi connectivity index (χ0n) is 16.4. The van der Waals surface area contributed by atoms with Gasteiger partial charge >= 0.3 is 0 Å². The van der Waals surface area contributed by atoms with Gasteiger partial charge in [0.05, 0.1) is 18.2 Å². The third-order valence-corrected chi connectivity index (χ3v) is 4.58. The summed E-state index contributed by atoms with van der Waals surface area (Å²) in [6, 6.07) is 5.35. The largest absolute Gasteiger partial charge is 0.489 e. The normalized spacial score (nSPS) is 15.7. The van der Waals surface area contributed by atoms with E-state index in [1.165, 1.54) is 0 Å². The van der Waals surface area contributed by atoms with Crippen molar-refractivity contribution >= 4 is 17.5 Å². The molecule has 1 aliphatic heterocycles. The Kier molecular flexibility index (Phi) is 6.29. The Balaban J connectivity index is 2.16. The highest BCUT2D eigenvalue weighted by Crippen LogP contribution is 2.34. The molecule has 0 fully saturated rings. The van der Waals surface area contributed by atoms with Gasteiger partial charge in [0, 0.05) is 39.8 Å². The first kappa shape index (κ1) is 19.8. The Bertz CT molecular complexity index is 700. The van der Waals surface area contributed by atoms with Gasteiger partial charge in [-0.25, -0.2) is 0 Å². The molecule has 1 aromatic carbocycles. The number of nitrogens with zero attached hydrogens (tertiary/aromatic N) is 3. The third kappa shape index (κ3) is 4.36. The summed E-state index contributed by atoms with van der Waals surface area (Å²) in [6.07, 6.45) is 0.364. The molecule has 0 spiro atoms. The quantitative estimate of drug-likeness (QED) is 0.732. The number of benzene rings is 1. The summed E-state index contributed by atoms with van der Waals surface area (Å²) in [6.45, 7) is 9.46. The second-order valence-corrected chi connectivity index (χ2v) is 7.03. The number of likely N-dealkylation sites (N-methyl/N-ethyl adjacent to an activating group) is 2. The van der Waals surface area contributed by atoms with Crippen molar-refractivity contribution in [2.75, 3.05) is 45.7 Å². The van der Waals surface area contributed by atoms with E-state index in [1.54, 1.807) is 30.0 Å². The van der Waals surface area contributed by atoms with Crippen molar-refractivity contribution in [2.24, 2.45) is 0 Å². The average molecular weight is 359 g/mol. The Morgan fingerprint density at radius 3 is 2.62 bits per heavy atom. The zero-order chi connectivity index (χ0) is 19.4.